The predicted octanol–water partition coefficient (Wildman–Crippen LogP) is 5.10. The Hall–Kier alpha value is -4.54. The fraction of sp³-hybridized carbons (Fsp3) is 0.265. The summed E-state index contributed by atoms with van der Waals surface area (Å²) in [6, 6.07) is 30.8. The van der Waals surface area contributed by atoms with Gasteiger partial charge in [0.2, 0.25) is 5.91 Å². The van der Waals surface area contributed by atoms with Crippen LogP contribution in [0.25, 0.3) is 21.9 Å². The van der Waals surface area contributed by atoms with Gasteiger partial charge in [-0.15, -0.1) is 0 Å². The van der Waals surface area contributed by atoms with Crippen LogP contribution in [0.5, 0.6) is 0 Å². The minimum Gasteiger partial charge on any atom is -0.370 e. The van der Waals surface area contributed by atoms with Crippen LogP contribution in [0.1, 0.15) is 35.7 Å². The van der Waals surface area contributed by atoms with Crippen LogP contribution in [0.3, 0.4) is 0 Å². The third-order valence-corrected chi connectivity index (χ3v) is 7.98. The molecule has 0 radical (unpaired) electrons. The van der Waals surface area contributed by atoms with E-state index in [9.17, 15) is 9.59 Å². The summed E-state index contributed by atoms with van der Waals surface area (Å²) < 4.78 is 0. The number of benzene rings is 3. The number of hydrogen-bond acceptors (Lipinski definition) is 3. The van der Waals surface area contributed by atoms with Crippen molar-refractivity contribution in [3.05, 3.63) is 107 Å². The van der Waals surface area contributed by atoms with Crippen LogP contribution < -0.4 is 11.5 Å². The van der Waals surface area contributed by atoms with E-state index in [1.54, 1.807) is 0 Å². The van der Waals surface area contributed by atoms with E-state index in [2.05, 4.69) is 17.1 Å². The summed E-state index contributed by atoms with van der Waals surface area (Å²) in [5.74, 6) is 0.0204. The lowest BCUT2D eigenvalue weighted by atomic mass is 9.98. The van der Waals surface area contributed by atoms with Gasteiger partial charge in [0.1, 0.15) is 0 Å². The zero-order valence-electron chi connectivity index (χ0n) is 23.6. The third kappa shape index (κ3) is 6.84. The fourth-order valence-electron chi connectivity index (χ4n) is 5.55. The Morgan fingerprint density at radius 2 is 1.79 bits per heavy atom. The molecule has 1 heterocycles. The van der Waals surface area contributed by atoms with Gasteiger partial charge in [-0.05, 0) is 84.3 Å². The average molecular weight is 580 g/mol. The van der Waals surface area contributed by atoms with E-state index >= 15 is 0 Å². The molecule has 0 aromatic heterocycles. The Labute approximate surface area is 251 Å². The lowest BCUT2D eigenvalue weighted by molar-refractivity contribution is -0.136. The molecule has 214 valence electrons. The predicted molar refractivity (Wildman–Crippen MR) is 168 cm³/mol. The van der Waals surface area contributed by atoms with Gasteiger partial charge in [-0.3, -0.25) is 14.6 Å². The molecule has 4 aromatic rings. The summed E-state index contributed by atoms with van der Waals surface area (Å²) in [4.78, 5) is 35.5. The van der Waals surface area contributed by atoms with E-state index in [4.69, 9.17) is 23.1 Å². The van der Waals surface area contributed by atoms with Crippen molar-refractivity contribution >= 4 is 40.1 Å². The number of nitrogens with zero attached hydrogens (tertiary/aromatic N) is 3. The maximum atomic E-state index is 14.0. The van der Waals surface area contributed by atoms with Crippen molar-refractivity contribution in [3.63, 3.8) is 0 Å². The molecule has 1 saturated heterocycles. The van der Waals surface area contributed by atoms with Crippen molar-refractivity contribution in [1.82, 2.24) is 9.80 Å². The Balaban J connectivity index is 1.35. The second kappa shape index (κ2) is 13.0. The number of halogens is 1. The molecule has 4 N–H and O–H groups in total. The molecule has 4 aromatic carbocycles. The summed E-state index contributed by atoms with van der Waals surface area (Å²) >= 11 is 6.07. The molecule has 1 aliphatic rings. The van der Waals surface area contributed by atoms with Crippen LogP contribution in [-0.2, 0) is 11.2 Å². The van der Waals surface area contributed by atoms with E-state index < -0.39 is 0 Å². The van der Waals surface area contributed by atoms with E-state index in [0.717, 1.165) is 27.5 Å². The maximum Gasteiger partial charge on any atom is 0.254 e. The first-order chi connectivity index (χ1) is 20.3. The number of nitrogens with two attached hydrogens (primary N) is 2. The molecular weight excluding hydrogens is 546 g/mol. The number of rotatable bonds is 8. The summed E-state index contributed by atoms with van der Waals surface area (Å²) in [7, 11) is 0. The number of amides is 2. The third-order valence-electron chi connectivity index (χ3n) is 7.73. The molecule has 2 atom stereocenters. The molecule has 5 rings (SSSR count). The van der Waals surface area contributed by atoms with Crippen molar-refractivity contribution in [2.45, 2.75) is 38.3 Å². The van der Waals surface area contributed by atoms with E-state index in [0.29, 0.717) is 43.1 Å². The second-order valence-corrected chi connectivity index (χ2v) is 11.2. The highest BCUT2D eigenvalue weighted by atomic mass is 35.5. The van der Waals surface area contributed by atoms with E-state index in [1.165, 1.54) is 0 Å². The van der Waals surface area contributed by atoms with Crippen molar-refractivity contribution in [1.29, 1.82) is 0 Å². The standard InChI is InChI=1S/C34H34ClN5O2/c1-23-21-40(33(42)29-9-4-8-28(20-29)26-13-15-30(35)16-14-26)31(10-5-17-38-34(36)37)22-39(23)32(41)19-24-11-12-25-6-2-3-7-27(25)18-24/h2,4,6,8-9,11-16,18,20,23,31H,5,10,17,19,21-22H2,1H3,(H4,36,37,38)/t23-,31?/m1/s1. The van der Waals surface area contributed by atoms with Crippen LogP contribution in [-0.4, -0.2) is 59.3 Å². The molecule has 0 spiro atoms. The van der Waals surface area contributed by atoms with Crippen LogP contribution in [0.4, 0.5) is 0 Å². The molecular formula is C34H34ClN5O2. The molecule has 1 fully saturated rings. The van der Waals surface area contributed by atoms with Crippen molar-refractivity contribution in [2.75, 3.05) is 19.6 Å². The number of carbonyl (C=O) groups excluding carboxylic acids is 2. The van der Waals surface area contributed by atoms with Crippen molar-refractivity contribution in [3.8, 4) is 11.1 Å². The molecule has 0 bridgehead atoms. The molecule has 7 nitrogen and oxygen atoms in total. The molecule has 42 heavy (non-hydrogen) atoms. The summed E-state index contributed by atoms with van der Waals surface area (Å²) in [5.41, 5.74) is 14.5. The van der Waals surface area contributed by atoms with Gasteiger partial charge < -0.3 is 21.3 Å². The molecule has 0 aliphatic carbocycles. The number of guanidine groups is 1. The summed E-state index contributed by atoms with van der Waals surface area (Å²) in [5, 5.41) is 2.66. The first kappa shape index (κ1) is 29.0. The Bertz CT molecular complexity index is 1600. The smallest absolute Gasteiger partial charge is 0.254 e. The van der Waals surface area contributed by atoms with Crippen LogP contribution in [0.2, 0.25) is 5.02 Å². The minimum absolute atomic E-state index is 0.0350. The van der Waals surface area contributed by atoms with Gasteiger partial charge in [-0.1, -0.05) is 60.1 Å². The van der Waals surface area contributed by atoms with Crippen molar-refractivity contribution in [2.24, 2.45) is 16.5 Å². The van der Waals surface area contributed by atoms with E-state index in [-0.39, 0.29) is 36.3 Å². The van der Waals surface area contributed by atoms with Crippen LogP contribution >= 0.6 is 11.6 Å². The zero-order chi connectivity index (χ0) is 29.6. The van der Waals surface area contributed by atoms with Gasteiger partial charge in [-0.2, -0.15) is 0 Å². The molecule has 0 saturated carbocycles. The highest BCUT2D eigenvalue weighted by Crippen LogP contribution is 2.26. The van der Waals surface area contributed by atoms with Gasteiger partial charge in [0.05, 0.1) is 6.42 Å². The van der Waals surface area contributed by atoms with Gasteiger partial charge >= 0.3 is 0 Å². The van der Waals surface area contributed by atoms with Gasteiger partial charge in [0.25, 0.3) is 5.91 Å². The quantitative estimate of drug-likeness (QED) is 0.172. The van der Waals surface area contributed by atoms with Gasteiger partial charge in [0, 0.05) is 47.7 Å². The normalized spacial score (nSPS) is 16.6. The first-order valence-corrected chi connectivity index (χ1v) is 14.5. The minimum atomic E-state index is -0.175. The second-order valence-electron chi connectivity index (χ2n) is 10.7. The topological polar surface area (TPSA) is 105 Å². The lowest BCUT2D eigenvalue weighted by Crippen LogP contribution is -2.60. The number of aliphatic imine (C=N–C) groups is 1. The summed E-state index contributed by atoms with van der Waals surface area (Å²) in [6.07, 6.45) is 1.63. The molecule has 2 amide bonds. The number of carbonyl (C=O) groups is 2. The van der Waals surface area contributed by atoms with Gasteiger partial charge in [0.15, 0.2) is 5.96 Å². The zero-order valence-corrected chi connectivity index (χ0v) is 24.3. The Morgan fingerprint density at radius 1 is 0.976 bits per heavy atom. The monoisotopic (exact) mass is 579 g/mol. The number of fused-ring (bicyclic) bond motifs is 1. The van der Waals surface area contributed by atoms with E-state index in [1.807, 2.05) is 95.6 Å². The highest BCUT2D eigenvalue weighted by molar-refractivity contribution is 6.30. The summed E-state index contributed by atoms with van der Waals surface area (Å²) in [6.45, 7) is 3.34. The highest BCUT2D eigenvalue weighted by Gasteiger charge is 2.36. The van der Waals surface area contributed by atoms with Crippen LogP contribution in [0.15, 0.2) is 83.9 Å². The van der Waals surface area contributed by atoms with Crippen molar-refractivity contribution < 1.29 is 9.59 Å². The molecule has 8 heteroatoms. The Morgan fingerprint density at radius 3 is 2.57 bits per heavy atom. The maximum absolute atomic E-state index is 14.0. The first-order valence-electron chi connectivity index (χ1n) is 14.1. The molecule has 1 aliphatic heterocycles. The Kier molecular flexibility index (Phi) is 8.94. The fourth-order valence-corrected chi connectivity index (χ4v) is 5.68. The average Bonchev–Trinajstić information content (AvgIpc) is 2.99. The lowest BCUT2D eigenvalue weighted by Gasteiger charge is -2.45. The van der Waals surface area contributed by atoms with Crippen LogP contribution in [0, 0.1) is 12.1 Å². The number of hydrogen-bond donors (Lipinski definition) is 2. The largest absolute Gasteiger partial charge is 0.370 e. The molecule has 1 unspecified atom stereocenters. The number of piperazine rings is 1. The SMILES string of the molecule is C[C@@H]1CN(C(=O)c2cccc(-c3ccc(Cl)cc3)c2)C(CCCN=C(N)N)CN1C(=O)Cc1ccc2ccc#cc2c1. The van der Waals surface area contributed by atoms with Gasteiger partial charge in [-0.25, -0.2) is 0 Å².